The molecule has 14 heavy (non-hydrogen) atoms. The Morgan fingerprint density at radius 2 is 2.07 bits per heavy atom. The molecule has 0 aromatic carbocycles. The van der Waals surface area contributed by atoms with Crippen LogP contribution in [0.3, 0.4) is 0 Å². The fourth-order valence-electron chi connectivity index (χ4n) is 1.18. The highest BCUT2D eigenvalue weighted by atomic mass is 32.1. The van der Waals surface area contributed by atoms with Crippen molar-refractivity contribution in [1.29, 1.82) is 0 Å². The van der Waals surface area contributed by atoms with Crippen LogP contribution in [0.15, 0.2) is 6.07 Å². The van der Waals surface area contributed by atoms with Crippen molar-refractivity contribution < 1.29 is 4.39 Å². The number of rotatable bonds is 0. The van der Waals surface area contributed by atoms with Crippen molar-refractivity contribution in [3.63, 3.8) is 0 Å². The minimum Gasteiger partial charge on any atom is -0.338 e. The highest BCUT2D eigenvalue weighted by Crippen LogP contribution is 2.17. The Balaban J connectivity index is 2.85. The van der Waals surface area contributed by atoms with Crippen LogP contribution >= 0.6 is 12.2 Å². The molecular weight excluding hydrogens is 201 g/mol. The average molecular weight is 209 g/mol. The summed E-state index contributed by atoms with van der Waals surface area (Å²) in [4.78, 5) is 10.7. The van der Waals surface area contributed by atoms with Gasteiger partial charge in [0, 0.05) is 0 Å². The van der Waals surface area contributed by atoms with Crippen molar-refractivity contribution >= 4 is 12.2 Å². The first kappa shape index (κ1) is 9.21. The van der Waals surface area contributed by atoms with Gasteiger partial charge >= 0.3 is 0 Å². The molecule has 0 saturated carbocycles. The van der Waals surface area contributed by atoms with Gasteiger partial charge in [-0.05, 0) is 25.5 Å². The summed E-state index contributed by atoms with van der Waals surface area (Å²) in [6.45, 7) is 3.43. The van der Waals surface area contributed by atoms with Crippen LogP contribution < -0.4 is 0 Å². The van der Waals surface area contributed by atoms with Gasteiger partial charge in [0.15, 0.2) is 5.82 Å². The molecule has 5 heteroatoms. The van der Waals surface area contributed by atoms with Gasteiger partial charge in [-0.25, -0.2) is 9.97 Å². The van der Waals surface area contributed by atoms with E-state index in [1.54, 1.807) is 13.0 Å². The molecule has 0 atom stereocenters. The highest BCUT2D eigenvalue weighted by Gasteiger charge is 2.10. The normalized spacial score (nSPS) is 10.8. The van der Waals surface area contributed by atoms with Crippen molar-refractivity contribution in [3.8, 4) is 11.5 Å². The van der Waals surface area contributed by atoms with Crippen molar-refractivity contribution in [2.75, 3.05) is 0 Å². The zero-order valence-corrected chi connectivity index (χ0v) is 8.57. The first-order valence-electron chi connectivity index (χ1n) is 4.11. The number of halogens is 1. The van der Waals surface area contributed by atoms with Crippen LogP contribution in [0.5, 0.6) is 0 Å². The summed E-state index contributed by atoms with van der Waals surface area (Å²) in [5.74, 6) is 0.0234. The highest BCUT2D eigenvalue weighted by molar-refractivity contribution is 7.71. The lowest BCUT2D eigenvalue weighted by molar-refractivity contribution is 0.565. The van der Waals surface area contributed by atoms with Crippen LogP contribution in [0.1, 0.15) is 11.3 Å². The van der Waals surface area contributed by atoms with E-state index in [4.69, 9.17) is 12.2 Å². The number of aromatic amines is 1. The molecule has 2 heterocycles. The van der Waals surface area contributed by atoms with Gasteiger partial charge in [-0.1, -0.05) is 12.2 Å². The molecule has 3 nitrogen and oxygen atoms in total. The second kappa shape index (κ2) is 3.09. The molecule has 0 spiro atoms. The summed E-state index contributed by atoms with van der Waals surface area (Å²) in [5.41, 5.74) is 1.69. The zero-order chi connectivity index (χ0) is 10.3. The topological polar surface area (TPSA) is 41.6 Å². The Morgan fingerprint density at radius 3 is 2.79 bits per heavy atom. The molecule has 2 rings (SSSR count). The van der Waals surface area contributed by atoms with Gasteiger partial charge < -0.3 is 4.98 Å². The minimum atomic E-state index is -0.504. The standard InChI is InChI=1S/C9H8FN3S/c1-4-3-6-8(13-9(4)14)11-5(2)7(10)12-6/h3H,1-2H3,(H,11,13,14). The molecular formula is C9H8FN3S. The molecule has 2 aliphatic rings. The molecule has 0 saturated heterocycles. The van der Waals surface area contributed by atoms with Crippen LogP contribution in [0.4, 0.5) is 4.39 Å². The Morgan fingerprint density at radius 1 is 1.36 bits per heavy atom. The van der Waals surface area contributed by atoms with Gasteiger partial charge in [-0.15, -0.1) is 0 Å². The molecule has 0 fully saturated rings. The van der Waals surface area contributed by atoms with E-state index < -0.39 is 5.95 Å². The summed E-state index contributed by atoms with van der Waals surface area (Å²) in [6.07, 6.45) is 0. The van der Waals surface area contributed by atoms with E-state index in [1.165, 1.54) is 0 Å². The summed E-state index contributed by atoms with van der Waals surface area (Å²) in [7, 11) is 0. The Labute approximate surface area is 85.4 Å². The molecule has 2 aliphatic heterocycles. The number of H-pyrrole nitrogens is 1. The third kappa shape index (κ3) is 1.39. The van der Waals surface area contributed by atoms with Crippen molar-refractivity contribution in [2.24, 2.45) is 0 Å². The second-order valence-corrected chi connectivity index (χ2v) is 3.52. The zero-order valence-electron chi connectivity index (χ0n) is 7.76. The van der Waals surface area contributed by atoms with Gasteiger partial charge in [-0.2, -0.15) is 4.39 Å². The van der Waals surface area contributed by atoms with E-state index in [0.29, 0.717) is 21.9 Å². The molecule has 0 unspecified atom stereocenters. The van der Waals surface area contributed by atoms with Crippen LogP contribution in [0, 0.1) is 24.4 Å². The van der Waals surface area contributed by atoms with E-state index in [-0.39, 0.29) is 0 Å². The molecule has 0 bridgehead atoms. The third-order valence-corrected chi connectivity index (χ3v) is 2.39. The summed E-state index contributed by atoms with van der Waals surface area (Å²) in [6, 6.07) is 1.73. The first-order valence-corrected chi connectivity index (χ1v) is 4.52. The van der Waals surface area contributed by atoms with Gasteiger partial charge in [-0.3, -0.25) is 0 Å². The first-order chi connectivity index (χ1) is 6.58. The number of hydrogen-bond acceptors (Lipinski definition) is 3. The maximum Gasteiger partial charge on any atom is 0.232 e. The predicted molar refractivity (Wildman–Crippen MR) is 53.3 cm³/mol. The molecule has 72 valence electrons. The second-order valence-electron chi connectivity index (χ2n) is 3.13. The summed E-state index contributed by atoms with van der Waals surface area (Å²) < 4.78 is 13.6. The fourth-order valence-corrected chi connectivity index (χ4v) is 1.33. The van der Waals surface area contributed by atoms with Crippen LogP contribution in [-0.4, -0.2) is 15.0 Å². The van der Waals surface area contributed by atoms with E-state index in [2.05, 4.69) is 15.0 Å². The lowest BCUT2D eigenvalue weighted by atomic mass is 10.2. The molecule has 1 N–H and O–H groups in total. The molecule has 0 aromatic heterocycles. The lowest BCUT2D eigenvalue weighted by Crippen LogP contribution is -2.02. The average Bonchev–Trinajstić information content (AvgIpc) is 2.11. The van der Waals surface area contributed by atoms with E-state index in [1.807, 2.05) is 6.92 Å². The van der Waals surface area contributed by atoms with Crippen LogP contribution in [0.25, 0.3) is 11.5 Å². The molecule has 0 aliphatic carbocycles. The van der Waals surface area contributed by atoms with Crippen LogP contribution in [0.2, 0.25) is 0 Å². The quantitative estimate of drug-likeness (QED) is 0.677. The number of aromatic nitrogens is 3. The van der Waals surface area contributed by atoms with Crippen molar-refractivity contribution in [2.45, 2.75) is 13.8 Å². The van der Waals surface area contributed by atoms with Gasteiger partial charge in [0.2, 0.25) is 5.95 Å². The Kier molecular flexibility index (Phi) is 2.03. The summed E-state index contributed by atoms with van der Waals surface area (Å²) >= 11 is 5.00. The smallest absolute Gasteiger partial charge is 0.232 e. The number of aryl methyl sites for hydroxylation is 2. The Bertz CT molecular complexity index is 520. The van der Waals surface area contributed by atoms with E-state index >= 15 is 0 Å². The molecule has 0 radical (unpaired) electrons. The maximum absolute atomic E-state index is 13.1. The number of nitrogens with zero attached hydrogens (tertiary/aromatic N) is 2. The maximum atomic E-state index is 13.1. The largest absolute Gasteiger partial charge is 0.338 e. The number of hydrogen-bond donors (Lipinski definition) is 1. The SMILES string of the molecule is Cc1[nH]c2nc(=S)c(C)cc-2nc1F. The number of fused-ring (bicyclic) bond motifs is 1. The third-order valence-electron chi connectivity index (χ3n) is 1.98. The van der Waals surface area contributed by atoms with Gasteiger partial charge in [0.25, 0.3) is 0 Å². The fraction of sp³-hybridized carbons (Fsp3) is 0.222. The van der Waals surface area contributed by atoms with Crippen molar-refractivity contribution in [3.05, 3.63) is 27.9 Å². The monoisotopic (exact) mass is 209 g/mol. The van der Waals surface area contributed by atoms with E-state index in [9.17, 15) is 4.39 Å². The number of pyridine rings is 1. The van der Waals surface area contributed by atoms with Crippen molar-refractivity contribution in [1.82, 2.24) is 15.0 Å². The van der Waals surface area contributed by atoms with Gasteiger partial charge in [0.1, 0.15) is 10.3 Å². The minimum absolute atomic E-state index is 0.364. The van der Waals surface area contributed by atoms with Crippen LogP contribution in [-0.2, 0) is 0 Å². The number of nitrogens with one attached hydrogen (secondary N) is 1. The Hall–Kier alpha value is -1.36. The van der Waals surface area contributed by atoms with E-state index in [0.717, 1.165) is 5.56 Å². The predicted octanol–water partition coefficient (Wildman–Crippen LogP) is 2.39. The van der Waals surface area contributed by atoms with Gasteiger partial charge in [0.05, 0.1) is 5.69 Å². The summed E-state index contributed by atoms with van der Waals surface area (Å²) in [5, 5.41) is 0. The lowest BCUT2D eigenvalue weighted by Gasteiger charge is -2.06. The molecule has 0 amide bonds. The molecule has 0 aromatic rings.